The third kappa shape index (κ3) is 4.01. The van der Waals surface area contributed by atoms with E-state index in [4.69, 9.17) is 5.11 Å². The number of carboxylic acid groups (broad SMARTS) is 1. The SMILES string of the molecule is O=C(O)c1cccc(N2CCC(Nc3cccc(Br)c3)CC2)n1. The van der Waals surface area contributed by atoms with Gasteiger partial charge >= 0.3 is 5.97 Å². The second kappa shape index (κ2) is 7.00. The van der Waals surface area contributed by atoms with Crippen molar-refractivity contribution in [3.63, 3.8) is 0 Å². The van der Waals surface area contributed by atoms with Crippen molar-refractivity contribution in [2.24, 2.45) is 0 Å². The summed E-state index contributed by atoms with van der Waals surface area (Å²) in [4.78, 5) is 17.4. The van der Waals surface area contributed by atoms with Crippen molar-refractivity contribution >= 4 is 33.4 Å². The Morgan fingerprint density at radius 2 is 1.96 bits per heavy atom. The Bertz CT molecular complexity index is 700. The van der Waals surface area contributed by atoms with E-state index in [9.17, 15) is 4.79 Å². The van der Waals surface area contributed by atoms with Crippen LogP contribution in [-0.4, -0.2) is 35.2 Å². The van der Waals surface area contributed by atoms with E-state index < -0.39 is 5.97 Å². The molecule has 6 heteroatoms. The summed E-state index contributed by atoms with van der Waals surface area (Å²) in [6, 6.07) is 13.7. The molecule has 1 aliphatic heterocycles. The van der Waals surface area contributed by atoms with Crippen LogP contribution < -0.4 is 10.2 Å². The summed E-state index contributed by atoms with van der Waals surface area (Å²) in [5.41, 5.74) is 1.21. The highest BCUT2D eigenvalue weighted by Gasteiger charge is 2.20. The van der Waals surface area contributed by atoms with Gasteiger partial charge in [0.05, 0.1) is 0 Å². The van der Waals surface area contributed by atoms with E-state index in [2.05, 4.69) is 43.3 Å². The van der Waals surface area contributed by atoms with Gasteiger partial charge < -0.3 is 15.3 Å². The molecule has 0 saturated carbocycles. The van der Waals surface area contributed by atoms with Crippen LogP contribution in [0.25, 0.3) is 0 Å². The summed E-state index contributed by atoms with van der Waals surface area (Å²) < 4.78 is 1.06. The number of benzene rings is 1. The molecule has 0 unspecified atom stereocenters. The number of aromatic carboxylic acids is 1. The van der Waals surface area contributed by atoms with Crippen LogP contribution in [0.5, 0.6) is 0 Å². The van der Waals surface area contributed by atoms with E-state index in [0.717, 1.165) is 41.9 Å². The number of carboxylic acids is 1. The van der Waals surface area contributed by atoms with E-state index in [1.165, 1.54) is 6.07 Å². The first kappa shape index (κ1) is 15.8. The molecule has 23 heavy (non-hydrogen) atoms. The van der Waals surface area contributed by atoms with Crippen LogP contribution in [0.15, 0.2) is 46.9 Å². The van der Waals surface area contributed by atoms with Crippen molar-refractivity contribution in [3.8, 4) is 0 Å². The Morgan fingerprint density at radius 1 is 1.22 bits per heavy atom. The lowest BCUT2D eigenvalue weighted by Gasteiger charge is -2.33. The minimum absolute atomic E-state index is 0.0943. The van der Waals surface area contributed by atoms with Crippen LogP contribution in [0, 0.1) is 0 Å². The smallest absolute Gasteiger partial charge is 0.354 e. The third-order valence-electron chi connectivity index (χ3n) is 3.97. The molecule has 2 aromatic rings. The number of hydrogen-bond acceptors (Lipinski definition) is 4. The van der Waals surface area contributed by atoms with E-state index in [-0.39, 0.29) is 5.69 Å². The Kier molecular flexibility index (Phi) is 4.81. The summed E-state index contributed by atoms with van der Waals surface area (Å²) in [6.07, 6.45) is 1.98. The second-order valence-corrected chi connectivity index (χ2v) is 6.52. The molecule has 1 aromatic heterocycles. The number of nitrogens with one attached hydrogen (secondary N) is 1. The maximum absolute atomic E-state index is 11.0. The number of piperidine rings is 1. The molecule has 2 N–H and O–H groups in total. The fourth-order valence-electron chi connectivity index (χ4n) is 2.79. The third-order valence-corrected chi connectivity index (χ3v) is 4.46. The Morgan fingerprint density at radius 3 is 2.65 bits per heavy atom. The number of aromatic nitrogens is 1. The number of halogens is 1. The van der Waals surface area contributed by atoms with Crippen LogP contribution in [0.3, 0.4) is 0 Å². The van der Waals surface area contributed by atoms with Gasteiger partial charge in [0.1, 0.15) is 5.82 Å². The lowest BCUT2D eigenvalue weighted by molar-refractivity contribution is 0.0690. The Labute approximate surface area is 143 Å². The topological polar surface area (TPSA) is 65.5 Å². The van der Waals surface area contributed by atoms with Crippen LogP contribution in [0.4, 0.5) is 11.5 Å². The molecule has 0 spiro atoms. The van der Waals surface area contributed by atoms with Gasteiger partial charge in [0.15, 0.2) is 5.69 Å². The van der Waals surface area contributed by atoms with Gasteiger partial charge in [-0.1, -0.05) is 28.1 Å². The Hall–Kier alpha value is -2.08. The van der Waals surface area contributed by atoms with Crippen molar-refractivity contribution < 1.29 is 9.90 Å². The molecule has 0 aliphatic carbocycles. The molecule has 0 bridgehead atoms. The van der Waals surface area contributed by atoms with Gasteiger partial charge in [0, 0.05) is 29.3 Å². The molecule has 3 rings (SSSR count). The van der Waals surface area contributed by atoms with E-state index in [0.29, 0.717) is 6.04 Å². The highest BCUT2D eigenvalue weighted by Crippen LogP contribution is 2.22. The molecule has 120 valence electrons. The quantitative estimate of drug-likeness (QED) is 0.853. The van der Waals surface area contributed by atoms with Crippen molar-refractivity contribution in [1.29, 1.82) is 0 Å². The molecule has 0 radical (unpaired) electrons. The number of pyridine rings is 1. The number of nitrogens with zero attached hydrogens (tertiary/aromatic N) is 2. The lowest BCUT2D eigenvalue weighted by Crippen LogP contribution is -2.39. The van der Waals surface area contributed by atoms with Crippen LogP contribution in [-0.2, 0) is 0 Å². The largest absolute Gasteiger partial charge is 0.477 e. The zero-order valence-corrected chi connectivity index (χ0v) is 14.2. The molecule has 1 saturated heterocycles. The number of anilines is 2. The van der Waals surface area contributed by atoms with Gasteiger partial charge in [0.25, 0.3) is 0 Å². The summed E-state index contributed by atoms with van der Waals surface area (Å²) >= 11 is 3.48. The average molecular weight is 376 g/mol. The highest BCUT2D eigenvalue weighted by molar-refractivity contribution is 9.10. The molecular formula is C17H18BrN3O2. The van der Waals surface area contributed by atoms with Crippen molar-refractivity contribution in [1.82, 2.24) is 4.98 Å². The van der Waals surface area contributed by atoms with Crippen LogP contribution in [0.1, 0.15) is 23.3 Å². The fraction of sp³-hybridized carbons (Fsp3) is 0.294. The number of rotatable bonds is 4. The fourth-order valence-corrected chi connectivity index (χ4v) is 3.18. The first-order valence-corrected chi connectivity index (χ1v) is 8.38. The molecule has 2 heterocycles. The standard InChI is InChI=1S/C17H18BrN3O2/c18-12-3-1-4-14(11-12)19-13-7-9-21(10-8-13)16-6-2-5-15(20-16)17(22)23/h1-6,11,13,19H,7-10H2,(H,22,23). The normalized spacial score (nSPS) is 15.4. The van der Waals surface area contributed by atoms with Gasteiger partial charge in [-0.05, 0) is 43.2 Å². The molecular weight excluding hydrogens is 358 g/mol. The van der Waals surface area contributed by atoms with Gasteiger partial charge in [-0.15, -0.1) is 0 Å². The molecule has 5 nitrogen and oxygen atoms in total. The van der Waals surface area contributed by atoms with E-state index in [1.54, 1.807) is 6.07 Å². The first-order valence-electron chi connectivity index (χ1n) is 7.59. The zero-order chi connectivity index (χ0) is 16.2. The summed E-state index contributed by atoms with van der Waals surface area (Å²) in [5.74, 6) is -0.246. The first-order chi connectivity index (χ1) is 11.1. The van der Waals surface area contributed by atoms with Crippen LogP contribution >= 0.6 is 15.9 Å². The zero-order valence-electron chi connectivity index (χ0n) is 12.6. The molecule has 1 fully saturated rings. The highest BCUT2D eigenvalue weighted by atomic mass is 79.9. The lowest BCUT2D eigenvalue weighted by atomic mass is 10.0. The maximum Gasteiger partial charge on any atom is 0.354 e. The van der Waals surface area contributed by atoms with Gasteiger partial charge in [0.2, 0.25) is 0 Å². The number of carbonyl (C=O) groups is 1. The molecule has 1 aliphatic rings. The van der Waals surface area contributed by atoms with Gasteiger partial charge in [-0.25, -0.2) is 9.78 Å². The average Bonchev–Trinajstić information content (AvgIpc) is 2.56. The second-order valence-electron chi connectivity index (χ2n) is 5.60. The predicted molar refractivity (Wildman–Crippen MR) is 94.2 cm³/mol. The summed E-state index contributed by atoms with van der Waals surface area (Å²) in [5, 5.41) is 12.6. The molecule has 0 amide bonds. The summed E-state index contributed by atoms with van der Waals surface area (Å²) in [6.45, 7) is 1.73. The Balaban J connectivity index is 1.60. The minimum atomic E-state index is -0.988. The minimum Gasteiger partial charge on any atom is -0.477 e. The summed E-state index contributed by atoms with van der Waals surface area (Å²) in [7, 11) is 0. The monoisotopic (exact) mass is 375 g/mol. The van der Waals surface area contributed by atoms with E-state index in [1.807, 2.05) is 18.2 Å². The van der Waals surface area contributed by atoms with Gasteiger partial charge in [-0.2, -0.15) is 0 Å². The van der Waals surface area contributed by atoms with Crippen molar-refractivity contribution in [2.45, 2.75) is 18.9 Å². The van der Waals surface area contributed by atoms with Gasteiger partial charge in [-0.3, -0.25) is 0 Å². The predicted octanol–water partition coefficient (Wildman–Crippen LogP) is 3.62. The number of hydrogen-bond donors (Lipinski definition) is 2. The van der Waals surface area contributed by atoms with Crippen molar-refractivity contribution in [2.75, 3.05) is 23.3 Å². The molecule has 1 aromatic carbocycles. The maximum atomic E-state index is 11.0. The molecule has 0 atom stereocenters. The van der Waals surface area contributed by atoms with Crippen LogP contribution in [0.2, 0.25) is 0 Å². The van der Waals surface area contributed by atoms with E-state index >= 15 is 0 Å². The van der Waals surface area contributed by atoms with Crippen molar-refractivity contribution in [3.05, 3.63) is 52.6 Å².